The third-order valence-electron chi connectivity index (χ3n) is 7.06. The van der Waals surface area contributed by atoms with Crippen molar-refractivity contribution in [3.8, 4) is 11.5 Å². The molecule has 0 saturated carbocycles. The first-order valence-corrected chi connectivity index (χ1v) is 16.1. The number of benzene rings is 3. The molecule has 180 valence electrons. The molecule has 4 rings (SSSR count). The fourth-order valence-corrected chi connectivity index (χ4v) is 13.7. The second kappa shape index (κ2) is 10.4. The van der Waals surface area contributed by atoms with Gasteiger partial charge < -0.3 is 9.53 Å². The van der Waals surface area contributed by atoms with Crippen molar-refractivity contribution in [1.82, 2.24) is 0 Å². The van der Waals surface area contributed by atoms with Crippen molar-refractivity contribution in [2.45, 2.75) is 78.5 Å². The predicted molar refractivity (Wildman–Crippen MR) is 150 cm³/mol. The van der Waals surface area contributed by atoms with Gasteiger partial charge in [0.25, 0.3) is 8.32 Å². The Bertz CT molecular complexity index is 1070. The molecule has 1 N–H and O–H groups in total. The van der Waals surface area contributed by atoms with Crippen molar-refractivity contribution in [3.05, 3.63) is 83.9 Å². The maximum atomic E-state index is 9.81. The SMILES string of the molecule is CC(C)[Si](Oc1ccc([C@@H]2Sc3ccccc3S[C@@H]2c2ccc(O)cc2)cc1)(C(C)C)C(C)C. The molecule has 0 spiro atoms. The molecule has 0 fully saturated rings. The monoisotopic (exact) mass is 508 g/mol. The van der Waals surface area contributed by atoms with Crippen molar-refractivity contribution in [2.75, 3.05) is 0 Å². The molecule has 0 amide bonds. The van der Waals surface area contributed by atoms with E-state index in [1.54, 1.807) is 12.1 Å². The minimum Gasteiger partial charge on any atom is -0.543 e. The molecule has 1 heterocycles. The molecular weight excluding hydrogens is 473 g/mol. The minimum absolute atomic E-state index is 0.266. The van der Waals surface area contributed by atoms with Crippen LogP contribution in [0.1, 0.15) is 63.2 Å². The van der Waals surface area contributed by atoms with Crippen LogP contribution in [0.5, 0.6) is 11.5 Å². The average Bonchev–Trinajstić information content (AvgIpc) is 2.82. The number of aromatic hydroxyl groups is 1. The maximum Gasteiger partial charge on any atom is 0.258 e. The zero-order valence-corrected chi connectivity index (χ0v) is 23.6. The van der Waals surface area contributed by atoms with Gasteiger partial charge in [0.05, 0.1) is 10.5 Å². The third-order valence-corrected chi connectivity index (χ3v) is 16.2. The Balaban J connectivity index is 1.66. The predicted octanol–water partition coefficient (Wildman–Crippen LogP) is 9.63. The summed E-state index contributed by atoms with van der Waals surface area (Å²) in [5.41, 5.74) is 4.19. The summed E-state index contributed by atoms with van der Waals surface area (Å²) >= 11 is 3.85. The summed E-state index contributed by atoms with van der Waals surface area (Å²) in [6.45, 7) is 14.0. The van der Waals surface area contributed by atoms with E-state index in [-0.39, 0.29) is 10.5 Å². The van der Waals surface area contributed by atoms with Gasteiger partial charge in [0, 0.05) is 9.79 Å². The van der Waals surface area contributed by atoms with Crippen molar-refractivity contribution >= 4 is 31.8 Å². The van der Waals surface area contributed by atoms with E-state index < -0.39 is 8.32 Å². The van der Waals surface area contributed by atoms with Crippen molar-refractivity contribution in [2.24, 2.45) is 0 Å². The zero-order chi connectivity index (χ0) is 24.5. The van der Waals surface area contributed by atoms with Gasteiger partial charge in [-0.05, 0) is 64.1 Å². The van der Waals surface area contributed by atoms with Crippen LogP contribution < -0.4 is 4.43 Å². The second-order valence-corrected chi connectivity index (χ2v) is 17.8. The van der Waals surface area contributed by atoms with Crippen molar-refractivity contribution in [3.63, 3.8) is 0 Å². The van der Waals surface area contributed by atoms with Gasteiger partial charge in [0.2, 0.25) is 0 Å². The Hall–Kier alpha value is -1.82. The van der Waals surface area contributed by atoms with Crippen LogP contribution in [0.4, 0.5) is 0 Å². The highest BCUT2D eigenvalue weighted by Crippen LogP contribution is 2.59. The lowest BCUT2D eigenvalue weighted by atomic mass is 10.0. The molecule has 3 aromatic rings. The summed E-state index contributed by atoms with van der Waals surface area (Å²) in [5, 5.41) is 10.4. The third kappa shape index (κ3) is 4.93. The number of rotatable bonds is 7. The highest BCUT2D eigenvalue weighted by molar-refractivity contribution is 8.06. The van der Waals surface area contributed by atoms with Crippen LogP contribution in [0.2, 0.25) is 16.6 Å². The van der Waals surface area contributed by atoms with Crippen molar-refractivity contribution < 1.29 is 9.53 Å². The van der Waals surface area contributed by atoms with Gasteiger partial charge >= 0.3 is 0 Å². The number of hydrogen-bond donors (Lipinski definition) is 1. The van der Waals surface area contributed by atoms with Crippen molar-refractivity contribution in [1.29, 1.82) is 0 Å². The molecule has 3 aromatic carbocycles. The lowest BCUT2D eigenvalue weighted by molar-refractivity contribution is 0.475. The average molecular weight is 509 g/mol. The van der Waals surface area contributed by atoms with Gasteiger partial charge in [0.1, 0.15) is 11.5 Å². The molecule has 0 saturated heterocycles. The number of fused-ring (bicyclic) bond motifs is 1. The van der Waals surface area contributed by atoms with E-state index >= 15 is 0 Å². The number of phenolic OH excluding ortho intramolecular Hbond substituents is 1. The summed E-state index contributed by atoms with van der Waals surface area (Å²) in [6.07, 6.45) is 0. The maximum absolute atomic E-state index is 9.81. The Morgan fingerprint density at radius 2 is 1.06 bits per heavy atom. The Morgan fingerprint density at radius 3 is 1.47 bits per heavy atom. The molecular formula is C29H36O2S2Si. The van der Waals surface area contributed by atoms with Crippen LogP contribution in [-0.4, -0.2) is 13.4 Å². The van der Waals surface area contributed by atoms with Crippen LogP contribution in [0.15, 0.2) is 82.6 Å². The van der Waals surface area contributed by atoms with Gasteiger partial charge in [0.15, 0.2) is 0 Å². The van der Waals surface area contributed by atoms with Gasteiger partial charge in [-0.25, -0.2) is 0 Å². The fourth-order valence-electron chi connectivity index (χ4n) is 5.47. The lowest BCUT2D eigenvalue weighted by Crippen LogP contribution is -2.50. The number of hydrogen-bond acceptors (Lipinski definition) is 4. The fraction of sp³-hybridized carbons (Fsp3) is 0.379. The first-order chi connectivity index (χ1) is 16.2. The lowest BCUT2D eigenvalue weighted by Gasteiger charge is -2.42. The second-order valence-electron chi connectivity index (χ2n) is 10.1. The highest BCUT2D eigenvalue weighted by Gasteiger charge is 2.47. The van der Waals surface area contributed by atoms with Gasteiger partial charge in [-0.1, -0.05) is 77.9 Å². The van der Waals surface area contributed by atoms with Gasteiger partial charge in [-0.2, -0.15) is 0 Å². The molecule has 34 heavy (non-hydrogen) atoms. The molecule has 0 unspecified atom stereocenters. The highest BCUT2D eigenvalue weighted by atomic mass is 32.2. The van der Waals surface area contributed by atoms with Crippen LogP contribution in [0.25, 0.3) is 0 Å². The molecule has 2 nitrogen and oxygen atoms in total. The van der Waals surface area contributed by atoms with Crippen LogP contribution in [0.3, 0.4) is 0 Å². The molecule has 2 atom stereocenters. The summed E-state index contributed by atoms with van der Waals surface area (Å²) in [6, 6.07) is 25.2. The first-order valence-electron chi connectivity index (χ1n) is 12.2. The zero-order valence-electron chi connectivity index (χ0n) is 21.0. The largest absolute Gasteiger partial charge is 0.543 e. The summed E-state index contributed by atoms with van der Waals surface area (Å²) in [5.74, 6) is 1.31. The van der Waals surface area contributed by atoms with Crippen LogP contribution in [-0.2, 0) is 0 Å². The molecule has 0 bridgehead atoms. The minimum atomic E-state index is -1.98. The van der Waals surface area contributed by atoms with E-state index in [0.717, 1.165) is 5.75 Å². The molecule has 0 aromatic heterocycles. The molecule has 0 radical (unpaired) electrons. The van der Waals surface area contributed by atoms with E-state index in [0.29, 0.717) is 22.4 Å². The standard InChI is InChI=1S/C29H36O2S2Si/c1-19(2)34(20(3)4,21(5)6)31-25-17-13-23(14-18-25)29-28(22-11-15-24(30)16-12-22)32-26-9-7-8-10-27(26)33-29/h7-21,28-30H,1-6H3/t28-,29+/m1/s1. The molecule has 1 aliphatic heterocycles. The van der Waals surface area contributed by atoms with E-state index in [9.17, 15) is 5.11 Å². The van der Waals surface area contributed by atoms with E-state index in [1.165, 1.54) is 20.9 Å². The quantitative estimate of drug-likeness (QED) is 0.322. The normalized spacial score (nSPS) is 18.4. The van der Waals surface area contributed by atoms with Gasteiger partial charge in [-0.3, -0.25) is 0 Å². The Morgan fingerprint density at radius 1 is 0.647 bits per heavy atom. The summed E-state index contributed by atoms with van der Waals surface area (Å²) in [4.78, 5) is 2.65. The number of thioether (sulfide) groups is 2. The summed E-state index contributed by atoms with van der Waals surface area (Å²) in [7, 11) is -1.98. The molecule has 0 aliphatic carbocycles. The van der Waals surface area contributed by atoms with Crippen LogP contribution in [0, 0.1) is 0 Å². The van der Waals surface area contributed by atoms with Crippen LogP contribution >= 0.6 is 23.5 Å². The Labute approximate surface area is 214 Å². The van der Waals surface area contributed by atoms with E-state index in [2.05, 4.69) is 102 Å². The molecule has 5 heteroatoms. The van der Waals surface area contributed by atoms with E-state index in [1.807, 2.05) is 23.5 Å². The summed E-state index contributed by atoms with van der Waals surface area (Å²) < 4.78 is 6.91. The Kier molecular flexibility index (Phi) is 7.75. The first kappa shape index (κ1) is 25.3. The topological polar surface area (TPSA) is 29.5 Å². The molecule has 1 aliphatic rings. The smallest absolute Gasteiger partial charge is 0.258 e. The van der Waals surface area contributed by atoms with E-state index in [4.69, 9.17) is 4.43 Å². The number of phenols is 1. The van der Waals surface area contributed by atoms with Gasteiger partial charge in [-0.15, -0.1) is 23.5 Å².